The molecular formula is C45H30N4. The smallest absolute Gasteiger partial charge is 0.213 e. The summed E-state index contributed by atoms with van der Waals surface area (Å²) in [7, 11) is 0. The van der Waals surface area contributed by atoms with E-state index in [1.807, 2.05) is 0 Å². The van der Waals surface area contributed by atoms with Crippen LogP contribution in [0.15, 0.2) is 175 Å². The van der Waals surface area contributed by atoms with Gasteiger partial charge in [0.15, 0.2) is 6.17 Å². The topological polar surface area (TPSA) is 22.1 Å². The molecule has 0 fully saturated rings. The van der Waals surface area contributed by atoms with Gasteiger partial charge in [-0.2, -0.15) is 0 Å². The summed E-state index contributed by atoms with van der Waals surface area (Å²) in [6, 6.07) is 61.7. The molecule has 8 aromatic rings. The van der Waals surface area contributed by atoms with E-state index in [1.165, 1.54) is 60.4 Å². The van der Waals surface area contributed by atoms with Crippen molar-refractivity contribution in [1.82, 2.24) is 0 Å². The molecule has 0 aliphatic carbocycles. The quantitative estimate of drug-likeness (QED) is 0.182. The minimum atomic E-state index is -0.0718. The zero-order chi connectivity index (χ0) is 32.1. The van der Waals surface area contributed by atoms with Crippen LogP contribution in [-0.2, 0) is 0 Å². The minimum Gasteiger partial charge on any atom is -0.316 e. The van der Waals surface area contributed by atoms with Crippen LogP contribution < -0.4 is 14.7 Å². The second-order valence-electron chi connectivity index (χ2n) is 13.1. The molecule has 0 amide bonds. The molecule has 0 spiro atoms. The minimum absolute atomic E-state index is 0.0602. The summed E-state index contributed by atoms with van der Waals surface area (Å²) in [4.78, 5) is 12.8. The van der Waals surface area contributed by atoms with Gasteiger partial charge in [-0.15, -0.1) is 0 Å². The van der Waals surface area contributed by atoms with Gasteiger partial charge in [-0.25, -0.2) is 4.99 Å². The maximum Gasteiger partial charge on any atom is 0.213 e. The summed E-state index contributed by atoms with van der Waals surface area (Å²) < 4.78 is 0. The molecule has 49 heavy (non-hydrogen) atoms. The highest BCUT2D eigenvalue weighted by Gasteiger charge is 2.53. The molecule has 3 aliphatic heterocycles. The van der Waals surface area contributed by atoms with Crippen molar-refractivity contribution in [3.63, 3.8) is 0 Å². The lowest BCUT2D eigenvalue weighted by Crippen LogP contribution is -2.35. The third-order valence-corrected chi connectivity index (χ3v) is 10.6. The molecule has 4 heteroatoms. The summed E-state index contributed by atoms with van der Waals surface area (Å²) in [5.74, 6) is 0.972. The summed E-state index contributed by atoms with van der Waals surface area (Å²) in [5, 5.41) is 7.74. The molecule has 2 unspecified atom stereocenters. The highest BCUT2D eigenvalue weighted by molar-refractivity contribution is 6.26. The van der Waals surface area contributed by atoms with Crippen molar-refractivity contribution in [1.29, 1.82) is 0 Å². The van der Waals surface area contributed by atoms with Crippen LogP contribution in [0.25, 0.3) is 43.4 Å². The van der Waals surface area contributed by atoms with Gasteiger partial charge in [-0.05, 0) is 92.0 Å². The molecule has 0 N–H and O–H groups in total. The van der Waals surface area contributed by atoms with Gasteiger partial charge in [0.2, 0.25) is 5.96 Å². The molecule has 2 atom stereocenters. The Hall–Kier alpha value is -6.39. The van der Waals surface area contributed by atoms with Gasteiger partial charge in [-0.3, -0.25) is 9.80 Å². The number of rotatable bonds is 3. The van der Waals surface area contributed by atoms with Crippen molar-refractivity contribution in [3.8, 4) is 11.1 Å². The fourth-order valence-corrected chi connectivity index (χ4v) is 8.52. The van der Waals surface area contributed by atoms with E-state index in [0.29, 0.717) is 0 Å². The lowest BCUT2D eigenvalue weighted by molar-refractivity contribution is 0.631. The van der Waals surface area contributed by atoms with Gasteiger partial charge in [0.05, 0.1) is 11.4 Å². The normalized spacial score (nSPS) is 17.4. The Labute approximate surface area is 284 Å². The van der Waals surface area contributed by atoms with E-state index in [2.05, 4.69) is 185 Å². The van der Waals surface area contributed by atoms with Crippen molar-refractivity contribution in [3.05, 3.63) is 175 Å². The summed E-state index contributed by atoms with van der Waals surface area (Å²) in [5.41, 5.74) is 9.52. The first-order valence-corrected chi connectivity index (χ1v) is 17.0. The third kappa shape index (κ3) is 3.71. The number of anilines is 5. The van der Waals surface area contributed by atoms with E-state index in [4.69, 9.17) is 4.99 Å². The lowest BCUT2D eigenvalue weighted by Gasteiger charge is -2.26. The van der Waals surface area contributed by atoms with Crippen LogP contribution in [0.2, 0.25) is 0 Å². The van der Waals surface area contributed by atoms with Gasteiger partial charge < -0.3 is 4.90 Å². The highest BCUT2D eigenvalue weighted by atomic mass is 15.5. The molecule has 4 nitrogen and oxygen atoms in total. The predicted octanol–water partition coefficient (Wildman–Crippen LogP) is 11.4. The van der Waals surface area contributed by atoms with Crippen molar-refractivity contribution >= 4 is 66.7 Å². The maximum absolute atomic E-state index is 5.56. The summed E-state index contributed by atoms with van der Waals surface area (Å²) in [6.45, 7) is 0. The molecule has 3 heterocycles. The Morgan fingerprint density at radius 1 is 0.388 bits per heavy atom. The van der Waals surface area contributed by atoms with E-state index >= 15 is 0 Å². The van der Waals surface area contributed by atoms with E-state index in [0.717, 1.165) is 23.0 Å². The Morgan fingerprint density at radius 2 is 0.939 bits per heavy atom. The van der Waals surface area contributed by atoms with Crippen molar-refractivity contribution in [2.45, 2.75) is 12.2 Å². The molecule has 0 aromatic heterocycles. The largest absolute Gasteiger partial charge is 0.316 e. The standard InChI is InChI=1S/C45H30N4/c1-3-13-31(14-4-1)47-40-22-12-11-21-38(40)43-44(47)46-45-48(32-15-5-2-6-16-32)42-28-30(24-26-41(42)49(43)45)29-23-25-37-35-19-8-7-17-33(35)34-18-9-10-20-36(34)39(37)27-29/h1-28,43-44H. The van der Waals surface area contributed by atoms with Crippen LogP contribution in [0.4, 0.5) is 28.4 Å². The fourth-order valence-electron chi connectivity index (χ4n) is 8.52. The number of aliphatic imine (C=N–C) groups is 1. The Bertz CT molecular complexity index is 2610. The number of benzene rings is 8. The molecule has 11 rings (SSSR count). The predicted molar refractivity (Wildman–Crippen MR) is 204 cm³/mol. The van der Waals surface area contributed by atoms with E-state index in [9.17, 15) is 0 Å². The zero-order valence-electron chi connectivity index (χ0n) is 26.6. The average molecular weight is 627 g/mol. The first-order chi connectivity index (χ1) is 24.3. The van der Waals surface area contributed by atoms with Crippen molar-refractivity contribution in [2.24, 2.45) is 4.99 Å². The summed E-state index contributed by atoms with van der Waals surface area (Å²) >= 11 is 0. The van der Waals surface area contributed by atoms with Crippen LogP contribution in [0, 0.1) is 0 Å². The molecule has 230 valence electrons. The van der Waals surface area contributed by atoms with Crippen LogP contribution in [0.5, 0.6) is 0 Å². The van der Waals surface area contributed by atoms with E-state index in [1.54, 1.807) is 0 Å². The second kappa shape index (κ2) is 10.1. The number of nitrogens with zero attached hydrogens (tertiary/aromatic N) is 4. The third-order valence-electron chi connectivity index (χ3n) is 10.6. The number of fused-ring (bicyclic) bond motifs is 13. The number of guanidine groups is 1. The molecule has 0 saturated carbocycles. The Morgan fingerprint density at radius 3 is 1.65 bits per heavy atom. The van der Waals surface area contributed by atoms with Crippen LogP contribution in [0.1, 0.15) is 11.6 Å². The van der Waals surface area contributed by atoms with Gasteiger partial charge in [0.25, 0.3) is 0 Å². The van der Waals surface area contributed by atoms with E-state index < -0.39 is 0 Å². The van der Waals surface area contributed by atoms with Gasteiger partial charge in [0.1, 0.15) is 6.04 Å². The Kier molecular flexibility index (Phi) is 5.47. The van der Waals surface area contributed by atoms with Crippen LogP contribution in [-0.4, -0.2) is 12.1 Å². The van der Waals surface area contributed by atoms with E-state index in [-0.39, 0.29) is 12.2 Å². The second-order valence-corrected chi connectivity index (χ2v) is 13.1. The highest BCUT2D eigenvalue weighted by Crippen LogP contribution is 2.57. The molecule has 3 aliphatic rings. The molecule has 0 bridgehead atoms. The van der Waals surface area contributed by atoms with Gasteiger partial charge >= 0.3 is 0 Å². The van der Waals surface area contributed by atoms with Crippen molar-refractivity contribution in [2.75, 3.05) is 14.7 Å². The molecule has 0 saturated heterocycles. The molecule has 8 aromatic carbocycles. The number of para-hydroxylation sites is 3. The Balaban J connectivity index is 1.10. The first-order valence-electron chi connectivity index (χ1n) is 17.0. The monoisotopic (exact) mass is 626 g/mol. The van der Waals surface area contributed by atoms with Crippen LogP contribution in [0.3, 0.4) is 0 Å². The summed E-state index contributed by atoms with van der Waals surface area (Å²) in [6.07, 6.45) is -0.0718. The fraction of sp³-hybridized carbons (Fsp3) is 0.0444. The maximum atomic E-state index is 5.56. The molecule has 0 radical (unpaired) electrons. The van der Waals surface area contributed by atoms with Crippen molar-refractivity contribution < 1.29 is 0 Å². The number of hydrogen-bond donors (Lipinski definition) is 0. The van der Waals surface area contributed by atoms with Crippen LogP contribution >= 0.6 is 0 Å². The number of hydrogen-bond acceptors (Lipinski definition) is 4. The van der Waals surface area contributed by atoms with Gasteiger partial charge in [0, 0.05) is 22.6 Å². The lowest BCUT2D eigenvalue weighted by atomic mass is 9.92. The zero-order valence-corrected chi connectivity index (χ0v) is 26.6. The first kappa shape index (κ1) is 26.7. The average Bonchev–Trinajstić information content (AvgIpc) is 3.80. The van der Waals surface area contributed by atoms with Gasteiger partial charge in [-0.1, -0.05) is 121 Å². The molecular weight excluding hydrogens is 597 g/mol. The SMILES string of the molecule is c1ccc(N2C3=NC4C(c5ccccc5N4c4ccccc4)N3c3ccc(-c4ccc5c6ccccc6c6ccccc6c5c4)cc32)cc1.